The number of hydroxylamine groups is 3. The number of carbonyl (C=O) groups excluding carboxylic acids is 3. The van der Waals surface area contributed by atoms with Crippen molar-refractivity contribution in [3.05, 3.63) is 58.0 Å². The lowest BCUT2D eigenvalue weighted by atomic mass is 9.78. The summed E-state index contributed by atoms with van der Waals surface area (Å²) in [4.78, 5) is 40.5. The first-order valence-corrected chi connectivity index (χ1v) is 20.0. The summed E-state index contributed by atoms with van der Waals surface area (Å²) in [6.45, 7) is 13.4. The maximum atomic E-state index is 14.4. The second-order valence-corrected chi connectivity index (χ2v) is 16.6. The minimum absolute atomic E-state index is 0.0279. The van der Waals surface area contributed by atoms with Crippen molar-refractivity contribution in [1.29, 1.82) is 0 Å². The van der Waals surface area contributed by atoms with Gasteiger partial charge in [0.25, 0.3) is 11.7 Å². The number of Topliss-reactive ketones (excluding diaryl/α,β-unsaturated/α-hetero) is 1. The first kappa shape index (κ1) is 45.9. The van der Waals surface area contributed by atoms with Crippen LogP contribution in [0.3, 0.4) is 0 Å². The third-order valence-electron chi connectivity index (χ3n) is 12.0. The van der Waals surface area contributed by atoms with Gasteiger partial charge in [-0.3, -0.25) is 19.4 Å². The quantitative estimate of drug-likeness (QED) is 0.0627. The number of hydrogen-bond acceptors (Lipinski definition) is 15. The number of ketones is 1. The van der Waals surface area contributed by atoms with Crippen LogP contribution in [0.5, 0.6) is 23.0 Å². The number of nitrogens with zero attached hydrogens (tertiary/aromatic N) is 3. The number of hydrazone groups is 1. The molecule has 60 heavy (non-hydrogen) atoms. The van der Waals surface area contributed by atoms with E-state index >= 15 is 0 Å². The average Bonchev–Trinajstić information content (AvgIpc) is 3.46. The molecule has 2 aromatic rings. The van der Waals surface area contributed by atoms with Crippen molar-refractivity contribution >= 4 is 40.3 Å². The summed E-state index contributed by atoms with van der Waals surface area (Å²) in [6.07, 6.45) is 4.60. The van der Waals surface area contributed by atoms with E-state index in [0.29, 0.717) is 0 Å². The van der Waals surface area contributed by atoms with Gasteiger partial charge in [-0.2, -0.15) is 5.10 Å². The first-order valence-electron chi connectivity index (χ1n) is 20.0. The van der Waals surface area contributed by atoms with Crippen molar-refractivity contribution in [2.45, 2.75) is 85.6 Å². The molecular weight excluding hydrogens is 780 g/mol. The van der Waals surface area contributed by atoms with Gasteiger partial charge in [0.1, 0.15) is 23.4 Å². The number of phenolic OH excluding ortho intramolecular Hbond substituents is 3. The topological polar surface area (TPSA) is 240 Å². The minimum Gasteiger partial charge on any atom is -0.633 e. The fourth-order valence-corrected chi connectivity index (χ4v) is 8.00. The molecule has 0 aliphatic carbocycles. The lowest BCUT2D eigenvalue weighted by molar-refractivity contribution is -0.865. The van der Waals surface area contributed by atoms with Crippen LogP contribution in [-0.4, -0.2) is 130 Å². The number of carbonyl (C=O) groups is 3. The minimum atomic E-state index is -2.07. The number of hydrogen-bond donors (Lipinski definition) is 6. The molecule has 1 amide bonds. The molecule has 0 saturated carbocycles. The molecule has 328 valence electrons. The molecule has 0 radical (unpaired) electrons. The monoisotopic (exact) mass is 838 g/mol. The van der Waals surface area contributed by atoms with Gasteiger partial charge in [0, 0.05) is 61.2 Å². The van der Waals surface area contributed by atoms with Crippen molar-refractivity contribution < 1.29 is 63.5 Å². The molecule has 6 rings (SSSR count). The van der Waals surface area contributed by atoms with E-state index in [-0.39, 0.29) is 70.7 Å². The molecule has 2 aromatic carbocycles. The predicted molar refractivity (Wildman–Crippen MR) is 222 cm³/mol. The lowest BCUT2D eigenvalue weighted by Gasteiger charge is -2.44. The molecule has 17 nitrogen and oxygen atoms in total. The Morgan fingerprint density at radius 2 is 1.65 bits per heavy atom. The highest BCUT2D eigenvalue weighted by Crippen LogP contribution is 2.55. The number of nitrogens with one attached hydrogen (secondary N) is 1. The Labute approximate surface area is 349 Å². The van der Waals surface area contributed by atoms with Crippen LogP contribution in [0.4, 0.5) is 5.69 Å². The van der Waals surface area contributed by atoms with Gasteiger partial charge in [-0.05, 0) is 19.9 Å². The van der Waals surface area contributed by atoms with Gasteiger partial charge in [-0.25, -0.2) is 0 Å². The number of phenols is 3. The number of ether oxygens (including phenoxy) is 4. The number of aromatic hydroxyl groups is 3. The highest BCUT2D eigenvalue weighted by Gasteiger charge is 2.50. The van der Waals surface area contributed by atoms with E-state index in [4.69, 9.17) is 18.9 Å². The van der Waals surface area contributed by atoms with E-state index in [1.165, 1.54) is 59.4 Å². The number of benzene rings is 2. The van der Waals surface area contributed by atoms with E-state index in [1.807, 2.05) is 0 Å². The summed E-state index contributed by atoms with van der Waals surface area (Å²) in [5.74, 6) is -8.69. The highest BCUT2D eigenvalue weighted by molar-refractivity contribution is 6.23. The molecular formula is C43H58N4O13. The summed E-state index contributed by atoms with van der Waals surface area (Å²) >= 11 is 0. The van der Waals surface area contributed by atoms with E-state index < -0.39 is 93.4 Å². The predicted octanol–water partition coefficient (Wildman–Crippen LogP) is 4.35. The highest BCUT2D eigenvalue weighted by atomic mass is 16.7. The van der Waals surface area contributed by atoms with Crippen LogP contribution in [-0.2, 0) is 23.8 Å². The zero-order valence-corrected chi connectivity index (χ0v) is 35.8. The van der Waals surface area contributed by atoms with E-state index in [0.717, 1.165) is 0 Å². The summed E-state index contributed by atoms with van der Waals surface area (Å²) in [5.41, 5.74) is -0.581. The number of methoxy groups -OCH3 is 1. The van der Waals surface area contributed by atoms with Crippen LogP contribution in [0, 0.1) is 35.8 Å². The van der Waals surface area contributed by atoms with Crippen molar-refractivity contribution in [1.82, 2.24) is 5.01 Å². The third kappa shape index (κ3) is 8.95. The third-order valence-corrected chi connectivity index (χ3v) is 12.0. The Bertz CT molecular complexity index is 2120. The Morgan fingerprint density at radius 1 is 1.00 bits per heavy atom. The number of amides is 1. The summed E-state index contributed by atoms with van der Waals surface area (Å²) < 4.78 is 23.1. The second-order valence-electron chi connectivity index (χ2n) is 16.6. The van der Waals surface area contributed by atoms with Crippen molar-refractivity contribution in [2.24, 2.45) is 28.8 Å². The van der Waals surface area contributed by atoms with Gasteiger partial charge in [0.05, 0.1) is 86.2 Å². The molecule has 1 saturated heterocycles. The molecule has 1 fully saturated rings. The Hall–Kier alpha value is -5.20. The number of fused-ring (bicyclic) bond motifs is 14. The Balaban J connectivity index is 1.70. The molecule has 9 atom stereocenters. The molecule has 4 heterocycles. The van der Waals surface area contributed by atoms with Crippen LogP contribution < -0.4 is 10.1 Å². The number of likely N-dealkylation sites (N-methyl/N-ethyl adjacent to an activating group) is 1. The van der Waals surface area contributed by atoms with Crippen LogP contribution in [0.2, 0.25) is 0 Å². The zero-order valence-electron chi connectivity index (χ0n) is 35.8. The SMILES string of the molecule is CO[C@H]1C=CO[C@@]2(C)Oc3c(C)c(O)c4c(O)c(c(C=NN5CC[N+](C)([O-])CC5)c(O)c4c3C2=O)NC(=O)C(C)=C/C=C/[C@H](C)[C@H](O)[C@@H](C)[C@@H](O)[C@@H](C)[C@H](OC(C)=O)[C@@H]1C. The van der Waals surface area contributed by atoms with Gasteiger partial charge in [-0.15, -0.1) is 0 Å². The number of aliphatic hydroxyl groups excluding tert-OH is 2. The molecule has 4 aliphatic rings. The molecule has 0 aromatic heterocycles. The standard InChI is InChI=1S/C43H58N4O13/c1-21-12-11-13-22(2)42(55)45-33-28(20-44-46-15-17-47(9,56)18-16-46)37(52)30-31(38(33)53)36(51)26(6)40-32(30)41(54)43(8,60-40)58-19-14-29(57-10)23(3)39(59-27(7)48)25(5)35(50)24(4)34(21)49/h11-14,19-21,23-25,29,34-35,39,49-53H,15-18H2,1-10H3,(H,45,55)/b12-11+,19-14?,22-13?,44-20?/t21-,23+,24+,25+,29-,34-,35+,39+,43-/m0/s1. The smallest absolute Gasteiger partial charge is 0.312 e. The van der Waals surface area contributed by atoms with Gasteiger partial charge in [-0.1, -0.05) is 45.9 Å². The summed E-state index contributed by atoms with van der Waals surface area (Å²) in [6, 6.07) is 0. The zero-order chi connectivity index (χ0) is 44.6. The number of esters is 1. The number of allylic oxidation sites excluding steroid dienone is 2. The van der Waals surface area contributed by atoms with Crippen molar-refractivity contribution in [3.63, 3.8) is 0 Å². The summed E-state index contributed by atoms with van der Waals surface area (Å²) in [5, 5.41) is 78.9. The van der Waals surface area contributed by atoms with E-state index in [9.17, 15) is 45.1 Å². The maximum Gasteiger partial charge on any atom is 0.312 e. The maximum absolute atomic E-state index is 14.4. The summed E-state index contributed by atoms with van der Waals surface area (Å²) in [7, 11) is 2.98. The second kappa shape index (κ2) is 17.8. The van der Waals surface area contributed by atoms with Crippen LogP contribution in [0.15, 0.2) is 41.2 Å². The van der Waals surface area contributed by atoms with Crippen LogP contribution in [0.25, 0.3) is 10.8 Å². The van der Waals surface area contributed by atoms with Crippen LogP contribution >= 0.6 is 0 Å². The Kier molecular flexibility index (Phi) is 13.6. The largest absolute Gasteiger partial charge is 0.633 e. The molecule has 0 unspecified atom stereocenters. The molecule has 6 N–H and O–H groups in total. The lowest BCUT2D eigenvalue weighted by Crippen LogP contribution is -2.52. The molecule has 4 aliphatic heterocycles. The molecule has 0 spiro atoms. The van der Waals surface area contributed by atoms with Gasteiger partial charge >= 0.3 is 11.8 Å². The normalized spacial score (nSPS) is 30.9. The van der Waals surface area contributed by atoms with Crippen LogP contribution in [0.1, 0.15) is 70.0 Å². The fraction of sp³-hybridized carbons (Fsp3) is 0.535. The van der Waals surface area contributed by atoms with Gasteiger partial charge in [0.15, 0.2) is 5.75 Å². The van der Waals surface area contributed by atoms with E-state index in [2.05, 4.69) is 10.4 Å². The molecule has 17 heteroatoms. The van der Waals surface area contributed by atoms with Crippen molar-refractivity contribution in [3.8, 4) is 23.0 Å². The number of aliphatic hydroxyl groups is 2. The average molecular weight is 839 g/mol. The van der Waals surface area contributed by atoms with Gasteiger partial charge < -0.3 is 59.7 Å². The van der Waals surface area contributed by atoms with E-state index in [1.54, 1.807) is 51.9 Å². The molecule has 5 bridgehead atoms. The number of anilines is 1. The number of rotatable bonds is 4. The fourth-order valence-electron chi connectivity index (χ4n) is 8.00. The number of piperazine rings is 1. The Morgan fingerprint density at radius 3 is 2.27 bits per heavy atom. The van der Waals surface area contributed by atoms with Gasteiger partial charge in [0.2, 0.25) is 0 Å². The number of quaternary nitrogens is 1. The van der Waals surface area contributed by atoms with Crippen molar-refractivity contribution in [2.75, 3.05) is 45.7 Å². The first-order chi connectivity index (χ1) is 28.0.